The van der Waals surface area contributed by atoms with Crippen molar-refractivity contribution in [2.75, 3.05) is 17.3 Å². The number of benzene rings is 3. The summed E-state index contributed by atoms with van der Waals surface area (Å²) in [5.74, 6) is -0.554. The van der Waals surface area contributed by atoms with E-state index in [1.165, 1.54) is 18.0 Å². The van der Waals surface area contributed by atoms with Gasteiger partial charge in [0.2, 0.25) is 6.17 Å². The zero-order valence-electron chi connectivity index (χ0n) is 18.0. The van der Waals surface area contributed by atoms with Crippen LogP contribution in [0.25, 0.3) is 0 Å². The van der Waals surface area contributed by atoms with Gasteiger partial charge in [-0.1, -0.05) is 53.5 Å². The van der Waals surface area contributed by atoms with Crippen molar-refractivity contribution in [2.24, 2.45) is 4.99 Å². The van der Waals surface area contributed by atoms with E-state index in [9.17, 15) is 22.8 Å². The van der Waals surface area contributed by atoms with Gasteiger partial charge in [0, 0.05) is 28.9 Å². The first-order valence-electron chi connectivity index (χ1n) is 10.2. The highest BCUT2D eigenvalue weighted by Crippen LogP contribution is 2.36. The number of fused-ring (bicyclic) bond motifs is 1. The number of urea groups is 1. The Labute approximate surface area is 208 Å². The molecule has 4 rings (SSSR count). The highest BCUT2D eigenvalue weighted by molar-refractivity contribution is 6.32. The summed E-state index contributed by atoms with van der Waals surface area (Å²) in [6, 6.07) is 16.0. The Balaban J connectivity index is 1.67. The number of aliphatic imine (C=N–C) groups is 1. The molecule has 3 aromatic carbocycles. The van der Waals surface area contributed by atoms with Gasteiger partial charge in [0.15, 0.2) is 0 Å². The maximum absolute atomic E-state index is 13.2. The van der Waals surface area contributed by atoms with Gasteiger partial charge >= 0.3 is 12.2 Å². The lowest BCUT2D eigenvalue weighted by atomic mass is 10.0. The Bertz CT molecular complexity index is 1330. The molecule has 0 saturated carbocycles. The minimum atomic E-state index is -4.70. The molecule has 0 saturated heterocycles. The highest BCUT2D eigenvalue weighted by Gasteiger charge is 2.34. The number of halogens is 5. The summed E-state index contributed by atoms with van der Waals surface area (Å²) in [7, 11) is 1.53. The normalized spacial score (nSPS) is 15.7. The maximum atomic E-state index is 13.2. The third-order valence-electron chi connectivity index (χ3n) is 5.24. The summed E-state index contributed by atoms with van der Waals surface area (Å²) in [6.45, 7) is 0. The summed E-state index contributed by atoms with van der Waals surface area (Å²) in [4.78, 5) is 31.7. The molecule has 1 unspecified atom stereocenters. The number of anilines is 2. The molecule has 3 aromatic rings. The van der Waals surface area contributed by atoms with Crippen molar-refractivity contribution in [2.45, 2.75) is 12.3 Å². The van der Waals surface area contributed by atoms with Crippen LogP contribution in [0.15, 0.2) is 71.7 Å². The minimum absolute atomic E-state index is 0.156. The van der Waals surface area contributed by atoms with Crippen molar-refractivity contribution in [1.29, 1.82) is 0 Å². The van der Waals surface area contributed by atoms with E-state index >= 15 is 0 Å². The Morgan fingerprint density at radius 2 is 1.74 bits per heavy atom. The lowest BCUT2D eigenvalue weighted by molar-refractivity contribution is -0.137. The highest BCUT2D eigenvalue weighted by atomic mass is 35.5. The van der Waals surface area contributed by atoms with Crippen LogP contribution >= 0.6 is 23.2 Å². The van der Waals surface area contributed by atoms with E-state index in [0.717, 1.165) is 6.07 Å². The van der Waals surface area contributed by atoms with Gasteiger partial charge in [-0.15, -0.1) is 0 Å². The van der Waals surface area contributed by atoms with Gasteiger partial charge in [-0.3, -0.25) is 4.79 Å². The second-order valence-electron chi connectivity index (χ2n) is 7.60. The number of carbonyl (C=O) groups is 2. The largest absolute Gasteiger partial charge is 0.417 e. The van der Waals surface area contributed by atoms with Crippen molar-refractivity contribution in [3.8, 4) is 0 Å². The number of hydrogen-bond acceptors (Lipinski definition) is 3. The van der Waals surface area contributed by atoms with Crippen LogP contribution in [0, 0.1) is 0 Å². The zero-order valence-corrected chi connectivity index (χ0v) is 19.5. The molecular formula is C24H17Cl2F3N4O2. The second-order valence-corrected chi connectivity index (χ2v) is 8.44. The standard InChI is InChI=1S/C24H17Cl2F3N4O2/c1-33-19-10-7-14(25)11-16(19)20(13-5-3-2-4-6-13)31-21(22(33)34)32-23(35)30-15-8-9-18(26)17(12-15)24(27,28)29/h2-12,21H,1H3,(H2,30,32,35). The van der Waals surface area contributed by atoms with Gasteiger partial charge in [0.1, 0.15) is 0 Å². The number of nitrogens with zero attached hydrogens (tertiary/aromatic N) is 2. The molecule has 0 fully saturated rings. The number of nitrogens with one attached hydrogen (secondary N) is 2. The average Bonchev–Trinajstić information content (AvgIpc) is 2.90. The fourth-order valence-corrected chi connectivity index (χ4v) is 3.97. The van der Waals surface area contributed by atoms with E-state index in [0.29, 0.717) is 33.6 Å². The topological polar surface area (TPSA) is 73.8 Å². The molecule has 3 amide bonds. The first-order chi connectivity index (χ1) is 16.5. The van der Waals surface area contributed by atoms with Crippen molar-refractivity contribution in [1.82, 2.24) is 5.32 Å². The third-order valence-corrected chi connectivity index (χ3v) is 5.81. The summed E-state index contributed by atoms with van der Waals surface area (Å²) in [5.41, 5.74) is 0.946. The average molecular weight is 521 g/mol. The Kier molecular flexibility index (Phi) is 6.73. The van der Waals surface area contributed by atoms with Gasteiger partial charge in [-0.05, 0) is 36.4 Å². The van der Waals surface area contributed by atoms with Crippen LogP contribution < -0.4 is 15.5 Å². The van der Waals surface area contributed by atoms with Crippen LogP contribution in [0.5, 0.6) is 0 Å². The predicted molar refractivity (Wildman–Crippen MR) is 129 cm³/mol. The van der Waals surface area contributed by atoms with Crippen LogP contribution in [0.1, 0.15) is 16.7 Å². The van der Waals surface area contributed by atoms with Gasteiger partial charge in [0.05, 0.1) is 22.0 Å². The van der Waals surface area contributed by atoms with E-state index < -0.39 is 34.9 Å². The van der Waals surface area contributed by atoms with E-state index in [1.807, 2.05) is 6.07 Å². The van der Waals surface area contributed by atoms with Gasteiger partial charge in [-0.2, -0.15) is 13.2 Å². The van der Waals surface area contributed by atoms with Crippen LogP contribution in [0.3, 0.4) is 0 Å². The van der Waals surface area contributed by atoms with E-state index in [2.05, 4.69) is 15.6 Å². The number of benzodiazepines with no additional fused rings is 1. The number of alkyl halides is 3. The fraction of sp³-hybridized carbons (Fsp3) is 0.125. The zero-order chi connectivity index (χ0) is 25.3. The number of amides is 3. The molecule has 6 nitrogen and oxygen atoms in total. The molecule has 11 heteroatoms. The van der Waals surface area contributed by atoms with Crippen LogP contribution in [-0.4, -0.2) is 30.9 Å². The molecule has 1 aliphatic rings. The molecular weight excluding hydrogens is 504 g/mol. The summed E-state index contributed by atoms with van der Waals surface area (Å²) in [6.07, 6.45) is -6.07. The summed E-state index contributed by atoms with van der Waals surface area (Å²) < 4.78 is 39.5. The molecule has 0 bridgehead atoms. The van der Waals surface area contributed by atoms with E-state index in [4.69, 9.17) is 23.2 Å². The quantitative estimate of drug-likeness (QED) is 0.446. The predicted octanol–water partition coefficient (Wildman–Crippen LogP) is 5.97. The lowest BCUT2D eigenvalue weighted by Crippen LogP contribution is -2.47. The fourth-order valence-electron chi connectivity index (χ4n) is 3.58. The van der Waals surface area contributed by atoms with E-state index in [-0.39, 0.29) is 5.69 Å². The van der Waals surface area contributed by atoms with Gasteiger partial charge in [0.25, 0.3) is 5.91 Å². The van der Waals surface area contributed by atoms with Crippen LogP contribution in [0.4, 0.5) is 29.3 Å². The first kappa shape index (κ1) is 24.6. The third kappa shape index (κ3) is 5.26. The Morgan fingerprint density at radius 3 is 2.43 bits per heavy atom. The number of rotatable bonds is 3. The SMILES string of the molecule is CN1C(=O)C(NC(=O)Nc2ccc(Cl)c(C(F)(F)F)c2)N=C(c2ccccc2)c2cc(Cl)ccc21. The molecule has 2 N–H and O–H groups in total. The minimum Gasteiger partial charge on any atom is -0.311 e. The molecule has 180 valence electrons. The lowest BCUT2D eigenvalue weighted by Gasteiger charge is -2.21. The van der Waals surface area contributed by atoms with Crippen molar-refractivity contribution in [3.05, 3.63) is 93.5 Å². The van der Waals surface area contributed by atoms with Crippen LogP contribution in [-0.2, 0) is 11.0 Å². The van der Waals surface area contributed by atoms with Gasteiger partial charge < -0.3 is 15.5 Å². The number of carbonyl (C=O) groups excluding carboxylic acids is 2. The Morgan fingerprint density at radius 1 is 1.03 bits per heavy atom. The Hall–Kier alpha value is -3.56. The molecule has 0 radical (unpaired) electrons. The number of hydrogen-bond donors (Lipinski definition) is 2. The van der Waals surface area contributed by atoms with Crippen LogP contribution in [0.2, 0.25) is 10.0 Å². The first-order valence-corrected chi connectivity index (χ1v) is 10.9. The smallest absolute Gasteiger partial charge is 0.311 e. The molecule has 1 heterocycles. The molecule has 1 aliphatic heterocycles. The molecule has 0 spiro atoms. The number of likely N-dealkylation sites (N-methyl/N-ethyl adjacent to an activating group) is 1. The monoisotopic (exact) mass is 520 g/mol. The molecule has 35 heavy (non-hydrogen) atoms. The van der Waals surface area contributed by atoms with Crippen molar-refractivity contribution < 1.29 is 22.8 Å². The molecule has 1 atom stereocenters. The van der Waals surface area contributed by atoms with Crippen molar-refractivity contribution >= 4 is 52.2 Å². The van der Waals surface area contributed by atoms with Crippen molar-refractivity contribution in [3.63, 3.8) is 0 Å². The molecule has 0 aliphatic carbocycles. The second kappa shape index (κ2) is 9.59. The van der Waals surface area contributed by atoms with Gasteiger partial charge in [-0.25, -0.2) is 9.79 Å². The van der Waals surface area contributed by atoms with E-state index in [1.54, 1.807) is 42.5 Å². The maximum Gasteiger partial charge on any atom is 0.417 e. The molecule has 0 aromatic heterocycles. The summed E-state index contributed by atoms with van der Waals surface area (Å²) in [5, 5.41) is 4.66. The summed E-state index contributed by atoms with van der Waals surface area (Å²) >= 11 is 11.8.